The van der Waals surface area contributed by atoms with E-state index in [2.05, 4.69) is 9.50 Å². The lowest BCUT2D eigenvalue weighted by atomic mass is 9.97. The number of aliphatic hydroxyl groups is 5. The SMILES string of the molecule is CC(=O)N[C@H]1[C@H](O[C@H]2O[C@@H](C(=O)O)[C@H](O)[C@@H](O)[C@@H]2O)[C@@H](O)[C@@H](OS(=O)(=O)O)O[C@@H]1O. The normalized spacial score (nSPS) is 42.5. The fourth-order valence-corrected chi connectivity index (χ4v) is 3.30. The van der Waals surface area contributed by atoms with Gasteiger partial charge in [-0.15, -0.1) is 0 Å². The number of carboxylic acids is 1. The topological polar surface area (TPSA) is 259 Å². The fraction of sp³-hybridized carbons (Fsp3) is 0.846. The van der Waals surface area contributed by atoms with Crippen molar-refractivity contribution in [2.45, 2.75) is 68.5 Å². The monoisotopic (exact) mass is 463 g/mol. The van der Waals surface area contributed by atoms with Crippen LogP contribution in [-0.2, 0) is 38.4 Å². The molecule has 0 aromatic heterocycles. The van der Waals surface area contributed by atoms with Crippen LogP contribution in [0.2, 0.25) is 0 Å². The van der Waals surface area contributed by atoms with E-state index in [4.69, 9.17) is 23.9 Å². The molecule has 1 amide bonds. The second kappa shape index (κ2) is 9.32. The van der Waals surface area contributed by atoms with Crippen LogP contribution in [0, 0.1) is 0 Å². The first-order valence-electron chi connectivity index (χ1n) is 8.25. The highest BCUT2D eigenvalue weighted by atomic mass is 32.3. The molecule has 0 radical (unpaired) electrons. The van der Waals surface area contributed by atoms with Gasteiger partial charge in [0.2, 0.25) is 12.2 Å². The van der Waals surface area contributed by atoms with E-state index in [9.17, 15) is 43.5 Å². The van der Waals surface area contributed by atoms with E-state index in [1.54, 1.807) is 0 Å². The van der Waals surface area contributed by atoms with E-state index in [0.717, 1.165) is 6.92 Å². The Kier molecular flexibility index (Phi) is 7.69. The predicted octanol–water partition coefficient (Wildman–Crippen LogP) is -5.38. The van der Waals surface area contributed by atoms with Gasteiger partial charge < -0.3 is 50.2 Å². The van der Waals surface area contributed by atoms with Gasteiger partial charge in [0.05, 0.1) is 0 Å². The number of amides is 1. The average Bonchev–Trinajstić information content (AvgIpc) is 2.60. The van der Waals surface area contributed by atoms with Crippen molar-refractivity contribution in [2.75, 3.05) is 0 Å². The van der Waals surface area contributed by atoms with Crippen LogP contribution < -0.4 is 5.32 Å². The van der Waals surface area contributed by atoms with Crippen LogP contribution >= 0.6 is 0 Å². The zero-order chi connectivity index (χ0) is 23.0. The van der Waals surface area contributed by atoms with E-state index in [0.29, 0.717) is 0 Å². The number of carbonyl (C=O) groups excluding carboxylic acids is 1. The standard InChI is InChI=1S/C13H21NO15S/c1-2(15)14-3-8(7(19)13(28-11(3)22)29-30(23,24)25)26-12-6(18)4(16)5(17)9(27-12)10(20)21/h3-9,11-13,16-19,22H,1H3,(H,14,15)(H,20,21)(H,23,24,25)/t3-,4+,5+,6-,7+,8-,9+,11-,12-,13+/m0/s1. The molecule has 0 aromatic carbocycles. The maximum absolute atomic E-state index is 11.4. The molecule has 2 fully saturated rings. The smallest absolute Gasteiger partial charge is 0.399 e. The molecule has 8 N–H and O–H groups in total. The maximum atomic E-state index is 11.4. The van der Waals surface area contributed by atoms with E-state index in [1.807, 2.05) is 0 Å². The first-order valence-corrected chi connectivity index (χ1v) is 9.61. The average molecular weight is 463 g/mol. The number of aliphatic hydroxyl groups excluding tert-OH is 5. The molecule has 0 unspecified atom stereocenters. The number of carboxylic acid groups (broad SMARTS) is 1. The minimum atomic E-state index is -5.19. The lowest BCUT2D eigenvalue weighted by Crippen LogP contribution is -2.67. The fourth-order valence-electron chi connectivity index (χ4n) is 2.90. The molecular formula is C13H21NO15S. The number of rotatable bonds is 6. The van der Waals surface area contributed by atoms with Gasteiger partial charge >= 0.3 is 16.4 Å². The van der Waals surface area contributed by atoms with Crippen molar-refractivity contribution in [2.24, 2.45) is 0 Å². The third-order valence-corrected chi connectivity index (χ3v) is 4.67. The van der Waals surface area contributed by atoms with Gasteiger partial charge in [0.15, 0.2) is 18.7 Å². The largest absolute Gasteiger partial charge is 0.479 e. The van der Waals surface area contributed by atoms with Crippen LogP contribution in [0.4, 0.5) is 0 Å². The Morgan fingerprint density at radius 3 is 2.03 bits per heavy atom. The minimum absolute atomic E-state index is 0.776. The van der Waals surface area contributed by atoms with Gasteiger partial charge in [0.1, 0.15) is 36.6 Å². The van der Waals surface area contributed by atoms with Gasteiger partial charge in [-0.2, -0.15) is 8.42 Å². The lowest BCUT2D eigenvalue weighted by Gasteiger charge is -2.45. The third-order valence-electron chi connectivity index (χ3n) is 4.24. The molecule has 17 heteroatoms. The van der Waals surface area contributed by atoms with Gasteiger partial charge in [-0.3, -0.25) is 9.35 Å². The second-order valence-corrected chi connectivity index (χ2v) is 7.52. The Labute approximate surface area is 168 Å². The number of carbonyl (C=O) groups is 2. The van der Waals surface area contributed by atoms with Crippen molar-refractivity contribution >= 4 is 22.3 Å². The van der Waals surface area contributed by atoms with Crippen molar-refractivity contribution < 1.29 is 71.6 Å². The van der Waals surface area contributed by atoms with E-state index < -0.39 is 83.8 Å². The molecule has 2 rings (SSSR count). The molecule has 2 saturated heterocycles. The Morgan fingerprint density at radius 1 is 0.933 bits per heavy atom. The number of ether oxygens (including phenoxy) is 3. The van der Waals surface area contributed by atoms with Gasteiger partial charge in [-0.05, 0) is 0 Å². The molecule has 16 nitrogen and oxygen atoms in total. The molecule has 30 heavy (non-hydrogen) atoms. The molecule has 2 aliphatic rings. The zero-order valence-corrected chi connectivity index (χ0v) is 15.9. The summed E-state index contributed by atoms with van der Waals surface area (Å²) in [6.07, 6.45) is -18.7. The lowest BCUT2D eigenvalue weighted by molar-refractivity contribution is -0.350. The second-order valence-electron chi connectivity index (χ2n) is 6.47. The molecule has 2 heterocycles. The highest BCUT2D eigenvalue weighted by molar-refractivity contribution is 7.80. The van der Waals surface area contributed by atoms with Crippen LogP contribution in [-0.4, -0.2) is 117 Å². The van der Waals surface area contributed by atoms with Crippen LogP contribution in [0.15, 0.2) is 0 Å². The summed E-state index contributed by atoms with van der Waals surface area (Å²) in [4.78, 5) is 22.6. The van der Waals surface area contributed by atoms with E-state index >= 15 is 0 Å². The minimum Gasteiger partial charge on any atom is -0.479 e. The molecule has 2 aliphatic heterocycles. The van der Waals surface area contributed by atoms with Gasteiger partial charge in [0.25, 0.3) is 0 Å². The molecular weight excluding hydrogens is 442 g/mol. The molecule has 0 saturated carbocycles. The quantitative estimate of drug-likeness (QED) is 0.171. The Morgan fingerprint density at radius 2 is 1.53 bits per heavy atom. The van der Waals surface area contributed by atoms with Crippen LogP contribution in [0.3, 0.4) is 0 Å². The van der Waals surface area contributed by atoms with Crippen LogP contribution in [0.1, 0.15) is 6.92 Å². The highest BCUT2D eigenvalue weighted by Crippen LogP contribution is 2.29. The van der Waals surface area contributed by atoms with Gasteiger partial charge in [0, 0.05) is 6.92 Å². The van der Waals surface area contributed by atoms with Gasteiger partial charge in [-0.25, -0.2) is 8.98 Å². The number of hydrogen-bond acceptors (Lipinski definition) is 13. The Hall–Kier alpha value is -1.51. The molecule has 0 aliphatic carbocycles. The van der Waals surface area contributed by atoms with Crippen molar-refractivity contribution in [1.82, 2.24) is 5.32 Å². The first kappa shape index (κ1) is 24.8. The third kappa shape index (κ3) is 5.59. The Balaban J connectivity index is 2.31. The number of nitrogens with one attached hydrogen (secondary N) is 1. The summed E-state index contributed by atoms with van der Waals surface area (Å²) in [7, 11) is -5.19. The summed E-state index contributed by atoms with van der Waals surface area (Å²) in [6.45, 7) is 1.00. The van der Waals surface area contributed by atoms with Crippen LogP contribution in [0.25, 0.3) is 0 Å². The summed E-state index contributed by atoms with van der Waals surface area (Å²) in [6, 6.07) is -1.64. The zero-order valence-electron chi connectivity index (χ0n) is 15.1. The number of aliphatic carboxylic acids is 1. The van der Waals surface area contributed by atoms with E-state index in [-0.39, 0.29) is 0 Å². The summed E-state index contributed by atoms with van der Waals surface area (Å²) in [5.74, 6) is -2.51. The number of hydrogen-bond donors (Lipinski definition) is 8. The summed E-state index contributed by atoms with van der Waals surface area (Å²) in [5.41, 5.74) is 0. The van der Waals surface area contributed by atoms with E-state index in [1.165, 1.54) is 0 Å². The summed E-state index contributed by atoms with van der Waals surface area (Å²) >= 11 is 0. The summed E-state index contributed by atoms with van der Waals surface area (Å²) < 4.78 is 49.5. The van der Waals surface area contributed by atoms with Crippen molar-refractivity contribution in [1.29, 1.82) is 0 Å². The molecule has 0 spiro atoms. The van der Waals surface area contributed by atoms with Crippen LogP contribution in [0.5, 0.6) is 0 Å². The van der Waals surface area contributed by atoms with Crippen molar-refractivity contribution in [3.8, 4) is 0 Å². The Bertz CT molecular complexity index is 745. The molecule has 174 valence electrons. The molecule has 0 aromatic rings. The maximum Gasteiger partial charge on any atom is 0.399 e. The summed E-state index contributed by atoms with van der Waals surface area (Å²) in [5, 5.41) is 61.1. The molecule has 0 bridgehead atoms. The van der Waals surface area contributed by atoms with Crippen molar-refractivity contribution in [3.63, 3.8) is 0 Å². The molecule has 10 atom stereocenters. The highest BCUT2D eigenvalue weighted by Gasteiger charge is 2.53. The van der Waals surface area contributed by atoms with Crippen molar-refractivity contribution in [3.05, 3.63) is 0 Å². The van der Waals surface area contributed by atoms with Gasteiger partial charge in [-0.1, -0.05) is 0 Å². The first-order chi connectivity index (χ1) is 13.7. The predicted molar refractivity (Wildman–Crippen MR) is 86.3 cm³/mol.